The average molecular weight is 198 g/mol. The number of benzene rings is 1. The van der Waals surface area contributed by atoms with Gasteiger partial charge in [-0.25, -0.2) is 0 Å². The molecule has 0 saturated carbocycles. The van der Waals surface area contributed by atoms with Crippen LogP contribution in [0.3, 0.4) is 0 Å². The van der Waals surface area contributed by atoms with Crippen LogP contribution in [0.1, 0.15) is 20.3 Å². The standard InChI is InChI=1S/C10H15O2P/c1-3-10(2,12-13)11-9-7-5-4-6-8-9/h4-8H,3,13H2,1-2H3/t10-/m1/s1. The first-order chi connectivity index (χ1) is 6.20. The van der Waals surface area contributed by atoms with Gasteiger partial charge in [-0.1, -0.05) is 25.1 Å². The zero-order valence-corrected chi connectivity index (χ0v) is 9.14. The quantitative estimate of drug-likeness (QED) is 0.547. The fourth-order valence-electron chi connectivity index (χ4n) is 0.917. The molecule has 1 aromatic carbocycles. The minimum atomic E-state index is -0.550. The highest BCUT2D eigenvalue weighted by atomic mass is 31.0. The van der Waals surface area contributed by atoms with Gasteiger partial charge < -0.3 is 9.26 Å². The van der Waals surface area contributed by atoms with Crippen LogP contribution < -0.4 is 4.74 Å². The highest BCUT2D eigenvalue weighted by Crippen LogP contribution is 2.23. The van der Waals surface area contributed by atoms with E-state index in [0.29, 0.717) is 0 Å². The molecule has 0 aliphatic heterocycles. The summed E-state index contributed by atoms with van der Waals surface area (Å²) in [6.07, 6.45) is 0.797. The van der Waals surface area contributed by atoms with E-state index in [1.807, 2.05) is 44.2 Å². The molecule has 0 spiro atoms. The van der Waals surface area contributed by atoms with Gasteiger partial charge in [-0.15, -0.1) is 0 Å². The predicted molar refractivity (Wildman–Crippen MR) is 56.6 cm³/mol. The van der Waals surface area contributed by atoms with Crippen molar-refractivity contribution in [2.24, 2.45) is 0 Å². The Kier molecular flexibility index (Phi) is 3.71. The summed E-state index contributed by atoms with van der Waals surface area (Å²) in [6, 6.07) is 9.66. The van der Waals surface area contributed by atoms with Gasteiger partial charge in [0.05, 0.1) is 0 Å². The van der Waals surface area contributed by atoms with Crippen molar-refractivity contribution in [3.05, 3.63) is 30.3 Å². The topological polar surface area (TPSA) is 18.5 Å². The second-order valence-corrected chi connectivity index (χ2v) is 3.26. The number of rotatable bonds is 4. The molecule has 0 bridgehead atoms. The van der Waals surface area contributed by atoms with Crippen LogP contribution in [0, 0.1) is 0 Å². The van der Waals surface area contributed by atoms with Crippen LogP contribution >= 0.6 is 9.47 Å². The van der Waals surface area contributed by atoms with E-state index in [9.17, 15) is 0 Å². The molecule has 1 rings (SSSR count). The van der Waals surface area contributed by atoms with Crippen molar-refractivity contribution in [2.75, 3.05) is 0 Å². The van der Waals surface area contributed by atoms with E-state index >= 15 is 0 Å². The minimum Gasteiger partial charge on any atom is -0.462 e. The fourth-order valence-corrected chi connectivity index (χ4v) is 1.13. The van der Waals surface area contributed by atoms with Crippen molar-refractivity contribution >= 4 is 9.47 Å². The van der Waals surface area contributed by atoms with Crippen LogP contribution in [-0.4, -0.2) is 5.79 Å². The van der Waals surface area contributed by atoms with E-state index in [1.54, 1.807) is 0 Å². The molecule has 0 fully saturated rings. The first-order valence-corrected chi connectivity index (χ1v) is 4.79. The zero-order chi connectivity index (χ0) is 9.73. The molecule has 0 amide bonds. The molecular formula is C10H15O2P. The molecule has 1 aromatic rings. The lowest BCUT2D eigenvalue weighted by atomic mass is 10.2. The summed E-state index contributed by atoms with van der Waals surface area (Å²) in [4.78, 5) is 0. The summed E-state index contributed by atoms with van der Waals surface area (Å²) >= 11 is 0. The Morgan fingerprint density at radius 3 is 2.38 bits per heavy atom. The SMILES string of the molecule is CC[C@@](C)(OP)Oc1ccccc1. The van der Waals surface area contributed by atoms with E-state index in [0.717, 1.165) is 12.2 Å². The summed E-state index contributed by atoms with van der Waals surface area (Å²) in [5.41, 5.74) is 0. The Labute approximate surface area is 81.5 Å². The van der Waals surface area contributed by atoms with Gasteiger partial charge in [0.2, 0.25) is 5.79 Å². The number of ether oxygens (including phenoxy) is 1. The van der Waals surface area contributed by atoms with Crippen LogP contribution in [0.4, 0.5) is 0 Å². The van der Waals surface area contributed by atoms with Crippen LogP contribution in [-0.2, 0) is 4.52 Å². The van der Waals surface area contributed by atoms with Gasteiger partial charge in [0.1, 0.15) is 5.75 Å². The second kappa shape index (κ2) is 4.59. The third-order valence-corrected chi connectivity index (χ3v) is 2.47. The molecule has 3 heteroatoms. The van der Waals surface area contributed by atoms with Crippen LogP contribution in [0.15, 0.2) is 30.3 Å². The normalized spacial score (nSPS) is 15.0. The lowest BCUT2D eigenvalue weighted by Crippen LogP contribution is -2.31. The maximum atomic E-state index is 5.66. The monoisotopic (exact) mass is 198 g/mol. The smallest absolute Gasteiger partial charge is 0.210 e. The molecular weight excluding hydrogens is 183 g/mol. The Bertz CT molecular complexity index is 244. The molecule has 0 saturated heterocycles. The largest absolute Gasteiger partial charge is 0.462 e. The van der Waals surface area contributed by atoms with Gasteiger partial charge in [0.15, 0.2) is 0 Å². The first kappa shape index (κ1) is 10.5. The molecule has 0 aliphatic rings. The van der Waals surface area contributed by atoms with Crippen molar-refractivity contribution in [1.29, 1.82) is 0 Å². The fraction of sp³-hybridized carbons (Fsp3) is 0.400. The number of hydrogen-bond acceptors (Lipinski definition) is 2. The summed E-state index contributed by atoms with van der Waals surface area (Å²) in [5.74, 6) is 0.278. The Morgan fingerprint density at radius 1 is 1.31 bits per heavy atom. The summed E-state index contributed by atoms with van der Waals surface area (Å²) in [7, 11) is 2.24. The molecule has 0 heterocycles. The van der Waals surface area contributed by atoms with E-state index in [4.69, 9.17) is 9.26 Å². The van der Waals surface area contributed by atoms with Crippen molar-refractivity contribution < 1.29 is 9.26 Å². The molecule has 0 aromatic heterocycles. The van der Waals surface area contributed by atoms with E-state index < -0.39 is 5.79 Å². The van der Waals surface area contributed by atoms with Gasteiger partial charge in [-0.2, -0.15) is 0 Å². The van der Waals surface area contributed by atoms with Gasteiger partial charge in [0.25, 0.3) is 0 Å². The minimum absolute atomic E-state index is 0.550. The highest BCUT2D eigenvalue weighted by molar-refractivity contribution is 7.09. The van der Waals surface area contributed by atoms with Crippen LogP contribution in [0.2, 0.25) is 0 Å². The third-order valence-electron chi connectivity index (χ3n) is 1.97. The van der Waals surface area contributed by atoms with E-state index in [-0.39, 0.29) is 0 Å². The second-order valence-electron chi connectivity index (χ2n) is 3.02. The van der Waals surface area contributed by atoms with Crippen molar-refractivity contribution in [3.8, 4) is 5.75 Å². The summed E-state index contributed by atoms with van der Waals surface area (Å²) in [5, 5.41) is 0. The first-order valence-electron chi connectivity index (χ1n) is 4.32. The van der Waals surface area contributed by atoms with Gasteiger partial charge in [-0.3, -0.25) is 0 Å². The Morgan fingerprint density at radius 2 is 1.92 bits per heavy atom. The molecule has 0 N–H and O–H groups in total. The Hall–Kier alpha value is -0.590. The number of hydrogen-bond donors (Lipinski definition) is 0. The van der Waals surface area contributed by atoms with Gasteiger partial charge >= 0.3 is 0 Å². The molecule has 0 aliphatic carbocycles. The van der Waals surface area contributed by atoms with Crippen LogP contribution in [0.5, 0.6) is 5.75 Å². The molecule has 2 atom stereocenters. The molecule has 1 unspecified atom stereocenters. The average Bonchev–Trinajstić information content (AvgIpc) is 2.19. The molecule has 13 heavy (non-hydrogen) atoms. The third kappa shape index (κ3) is 2.98. The number of para-hydroxylation sites is 1. The lowest BCUT2D eigenvalue weighted by Gasteiger charge is -2.27. The molecule has 0 radical (unpaired) electrons. The van der Waals surface area contributed by atoms with E-state index in [2.05, 4.69) is 9.47 Å². The van der Waals surface area contributed by atoms with Crippen molar-refractivity contribution in [3.63, 3.8) is 0 Å². The van der Waals surface area contributed by atoms with E-state index in [1.165, 1.54) is 0 Å². The molecule has 72 valence electrons. The summed E-state index contributed by atoms with van der Waals surface area (Å²) < 4.78 is 10.8. The maximum Gasteiger partial charge on any atom is 0.210 e. The Balaban J connectivity index is 2.68. The van der Waals surface area contributed by atoms with Gasteiger partial charge in [-0.05, 0) is 12.1 Å². The summed E-state index contributed by atoms with van der Waals surface area (Å²) in [6.45, 7) is 3.93. The van der Waals surface area contributed by atoms with Crippen molar-refractivity contribution in [2.45, 2.75) is 26.1 Å². The predicted octanol–water partition coefficient (Wildman–Crippen LogP) is 3.00. The van der Waals surface area contributed by atoms with Gasteiger partial charge in [0, 0.05) is 22.8 Å². The van der Waals surface area contributed by atoms with Crippen molar-refractivity contribution in [1.82, 2.24) is 0 Å². The highest BCUT2D eigenvalue weighted by Gasteiger charge is 2.22. The maximum absolute atomic E-state index is 5.66. The van der Waals surface area contributed by atoms with Crippen LogP contribution in [0.25, 0.3) is 0 Å². The zero-order valence-electron chi connectivity index (χ0n) is 7.99. The molecule has 2 nitrogen and oxygen atoms in total. The lowest BCUT2D eigenvalue weighted by molar-refractivity contribution is -0.0879.